The summed E-state index contributed by atoms with van der Waals surface area (Å²) in [6, 6.07) is 7.06. The third-order valence-electron chi connectivity index (χ3n) is 4.98. The van der Waals surface area contributed by atoms with Gasteiger partial charge in [-0.05, 0) is 55.8 Å². The summed E-state index contributed by atoms with van der Waals surface area (Å²) in [4.78, 5) is 4.97. The van der Waals surface area contributed by atoms with Gasteiger partial charge in [-0.2, -0.15) is 0 Å². The highest BCUT2D eigenvalue weighted by Crippen LogP contribution is 2.45. The molecule has 3 nitrogen and oxygen atoms in total. The molecule has 2 aliphatic rings. The number of hydrogen-bond donors (Lipinski definition) is 1. The van der Waals surface area contributed by atoms with Gasteiger partial charge in [-0.3, -0.25) is 0 Å². The molecule has 1 N–H and O–H groups in total. The van der Waals surface area contributed by atoms with E-state index >= 15 is 0 Å². The second-order valence-electron chi connectivity index (χ2n) is 7.18. The van der Waals surface area contributed by atoms with Crippen molar-refractivity contribution in [2.24, 2.45) is 5.41 Å². The first-order valence-corrected chi connectivity index (χ1v) is 8.35. The lowest BCUT2D eigenvalue weighted by Crippen LogP contribution is -2.41. The van der Waals surface area contributed by atoms with Gasteiger partial charge in [0, 0.05) is 11.1 Å². The Morgan fingerprint density at radius 2 is 2.14 bits per heavy atom. The molecule has 0 spiro atoms. The maximum absolute atomic E-state index is 6.15. The van der Waals surface area contributed by atoms with E-state index < -0.39 is 0 Å². The standard InChI is InChI=1S/C17H22ClN3/c1-17(2)8-3-9-19-15(17)16-20-13-10-11(18)4-7-14(13)21(16)12-5-6-12/h4,7,10,12,15,19H,3,5-6,8-9H2,1-2H3. The maximum atomic E-state index is 6.15. The molecule has 1 atom stereocenters. The molecule has 1 unspecified atom stereocenters. The molecule has 21 heavy (non-hydrogen) atoms. The van der Waals surface area contributed by atoms with Crippen LogP contribution >= 0.6 is 11.6 Å². The molecular formula is C17H22ClN3. The van der Waals surface area contributed by atoms with Crippen LogP contribution in [0.2, 0.25) is 5.02 Å². The number of hydrogen-bond acceptors (Lipinski definition) is 2. The molecule has 2 aromatic rings. The topological polar surface area (TPSA) is 29.9 Å². The quantitative estimate of drug-likeness (QED) is 0.886. The van der Waals surface area contributed by atoms with Crippen molar-refractivity contribution in [3.63, 3.8) is 0 Å². The molecule has 0 bridgehead atoms. The summed E-state index contributed by atoms with van der Waals surface area (Å²) in [6.07, 6.45) is 5.04. The van der Waals surface area contributed by atoms with Crippen LogP contribution in [-0.4, -0.2) is 16.1 Å². The first-order chi connectivity index (χ1) is 10.1. The van der Waals surface area contributed by atoms with Crippen LogP contribution in [0.3, 0.4) is 0 Å². The van der Waals surface area contributed by atoms with Crippen molar-refractivity contribution in [1.29, 1.82) is 0 Å². The van der Waals surface area contributed by atoms with Gasteiger partial charge >= 0.3 is 0 Å². The van der Waals surface area contributed by atoms with Crippen LogP contribution < -0.4 is 5.32 Å². The summed E-state index contributed by atoms with van der Waals surface area (Å²) in [5.41, 5.74) is 2.52. The smallest absolute Gasteiger partial charge is 0.127 e. The normalized spacial score (nSPS) is 25.4. The zero-order chi connectivity index (χ0) is 14.6. The molecule has 2 heterocycles. The first-order valence-electron chi connectivity index (χ1n) is 7.97. The largest absolute Gasteiger partial charge is 0.324 e. The molecule has 1 aromatic carbocycles. The van der Waals surface area contributed by atoms with E-state index in [9.17, 15) is 0 Å². The number of rotatable bonds is 2. The molecule has 1 aliphatic heterocycles. The van der Waals surface area contributed by atoms with Gasteiger partial charge in [0.15, 0.2) is 0 Å². The van der Waals surface area contributed by atoms with E-state index in [1.54, 1.807) is 0 Å². The predicted octanol–water partition coefficient (Wildman–Crippen LogP) is 4.48. The Hall–Kier alpha value is -1.06. The van der Waals surface area contributed by atoms with Crippen LogP contribution in [0.4, 0.5) is 0 Å². The lowest BCUT2D eigenvalue weighted by Gasteiger charge is -2.39. The van der Waals surface area contributed by atoms with Crippen LogP contribution in [0.5, 0.6) is 0 Å². The summed E-state index contributed by atoms with van der Waals surface area (Å²) in [5.74, 6) is 1.21. The summed E-state index contributed by atoms with van der Waals surface area (Å²) in [5, 5.41) is 4.48. The lowest BCUT2D eigenvalue weighted by molar-refractivity contribution is 0.171. The zero-order valence-electron chi connectivity index (χ0n) is 12.7. The maximum Gasteiger partial charge on any atom is 0.127 e. The van der Waals surface area contributed by atoms with Gasteiger partial charge in [0.25, 0.3) is 0 Å². The molecule has 0 amide bonds. The van der Waals surface area contributed by atoms with Gasteiger partial charge in [-0.25, -0.2) is 4.98 Å². The monoisotopic (exact) mass is 303 g/mol. The van der Waals surface area contributed by atoms with Crippen LogP contribution in [0, 0.1) is 5.41 Å². The third kappa shape index (κ3) is 2.27. The predicted molar refractivity (Wildman–Crippen MR) is 86.8 cm³/mol. The highest BCUT2D eigenvalue weighted by Gasteiger charge is 2.39. The number of piperidine rings is 1. The second kappa shape index (κ2) is 4.72. The van der Waals surface area contributed by atoms with Crippen LogP contribution in [0.15, 0.2) is 18.2 Å². The van der Waals surface area contributed by atoms with Gasteiger partial charge in [0.05, 0.1) is 17.1 Å². The summed E-state index contributed by atoms with van der Waals surface area (Å²) in [7, 11) is 0. The first kappa shape index (κ1) is 13.6. The molecule has 1 saturated heterocycles. The SMILES string of the molecule is CC1(C)CCCNC1c1nc2cc(Cl)ccc2n1C1CC1. The van der Waals surface area contributed by atoms with Crippen molar-refractivity contribution in [3.8, 4) is 0 Å². The summed E-state index contributed by atoms with van der Waals surface area (Å²) in [6.45, 7) is 5.80. The average Bonchev–Trinajstić information content (AvgIpc) is 3.19. The molecular weight excluding hydrogens is 282 g/mol. The van der Waals surface area contributed by atoms with Gasteiger partial charge in [0.1, 0.15) is 5.82 Å². The van der Waals surface area contributed by atoms with Gasteiger partial charge in [-0.1, -0.05) is 25.4 Å². The van der Waals surface area contributed by atoms with Crippen molar-refractivity contribution in [1.82, 2.24) is 14.9 Å². The number of halogens is 1. The summed E-state index contributed by atoms with van der Waals surface area (Å²) >= 11 is 6.15. The van der Waals surface area contributed by atoms with Crippen LogP contribution in [0.1, 0.15) is 57.4 Å². The number of fused-ring (bicyclic) bond motifs is 1. The Labute approximate surface area is 130 Å². The Bertz CT molecular complexity index is 685. The van der Waals surface area contributed by atoms with Crippen molar-refractivity contribution in [2.45, 2.75) is 51.6 Å². The van der Waals surface area contributed by atoms with E-state index in [1.807, 2.05) is 12.1 Å². The molecule has 4 heteroatoms. The van der Waals surface area contributed by atoms with E-state index in [4.69, 9.17) is 16.6 Å². The number of imidazole rings is 1. The minimum Gasteiger partial charge on any atom is -0.324 e. The fourth-order valence-corrected chi connectivity index (χ4v) is 3.83. The zero-order valence-corrected chi connectivity index (χ0v) is 13.5. The lowest BCUT2D eigenvalue weighted by atomic mass is 9.77. The van der Waals surface area contributed by atoms with Gasteiger partial charge < -0.3 is 9.88 Å². The molecule has 2 fully saturated rings. The highest BCUT2D eigenvalue weighted by molar-refractivity contribution is 6.31. The second-order valence-corrected chi connectivity index (χ2v) is 7.62. The minimum atomic E-state index is 0.246. The third-order valence-corrected chi connectivity index (χ3v) is 5.21. The molecule has 112 valence electrons. The van der Waals surface area contributed by atoms with Crippen molar-refractivity contribution < 1.29 is 0 Å². The fourth-order valence-electron chi connectivity index (χ4n) is 3.66. The van der Waals surface area contributed by atoms with Crippen molar-refractivity contribution in [2.75, 3.05) is 6.54 Å². The highest BCUT2D eigenvalue weighted by atomic mass is 35.5. The van der Waals surface area contributed by atoms with Crippen molar-refractivity contribution in [3.05, 3.63) is 29.0 Å². The Morgan fingerprint density at radius 3 is 2.86 bits per heavy atom. The van der Waals surface area contributed by atoms with Crippen LogP contribution in [0.25, 0.3) is 11.0 Å². The number of nitrogens with one attached hydrogen (secondary N) is 1. The van der Waals surface area contributed by atoms with E-state index in [0.29, 0.717) is 12.1 Å². The average molecular weight is 304 g/mol. The Morgan fingerprint density at radius 1 is 1.33 bits per heavy atom. The summed E-state index contributed by atoms with van der Waals surface area (Å²) < 4.78 is 2.47. The van der Waals surface area contributed by atoms with E-state index in [1.165, 1.54) is 37.0 Å². The van der Waals surface area contributed by atoms with E-state index in [-0.39, 0.29) is 5.41 Å². The minimum absolute atomic E-state index is 0.246. The van der Waals surface area contributed by atoms with Gasteiger partial charge in [-0.15, -0.1) is 0 Å². The molecule has 1 saturated carbocycles. The molecule has 1 aliphatic carbocycles. The number of nitrogens with zero attached hydrogens (tertiary/aromatic N) is 2. The number of aromatic nitrogens is 2. The van der Waals surface area contributed by atoms with Gasteiger partial charge in [0.2, 0.25) is 0 Å². The fraction of sp³-hybridized carbons (Fsp3) is 0.588. The van der Waals surface area contributed by atoms with Crippen molar-refractivity contribution >= 4 is 22.6 Å². The van der Waals surface area contributed by atoms with Crippen LogP contribution in [-0.2, 0) is 0 Å². The van der Waals surface area contributed by atoms with E-state index in [0.717, 1.165) is 17.1 Å². The van der Waals surface area contributed by atoms with E-state index in [2.05, 4.69) is 29.8 Å². The number of benzene rings is 1. The molecule has 0 radical (unpaired) electrons. The molecule has 1 aromatic heterocycles. The Balaban J connectivity index is 1.89. The Kier molecular flexibility index (Phi) is 3.05. The molecule has 4 rings (SSSR count).